The van der Waals surface area contributed by atoms with Gasteiger partial charge in [0.05, 0.1) is 35.2 Å². The van der Waals surface area contributed by atoms with E-state index < -0.39 is 15.1 Å². The first-order chi connectivity index (χ1) is 19.9. The zero-order valence-electron chi connectivity index (χ0n) is 25.6. The van der Waals surface area contributed by atoms with Crippen LogP contribution < -0.4 is 15.4 Å². The number of carbonyl (C=O) groups excluding carboxylic acids is 1. The number of likely N-dealkylation sites (tertiary alicyclic amines) is 1. The molecule has 0 spiro atoms. The van der Waals surface area contributed by atoms with Crippen molar-refractivity contribution in [3.05, 3.63) is 59.3 Å². The standard InChI is InChI=1S/C31H42N6O4S/c1-20(2)42(39,40)28-11-9-8-10-25(28)33-30-22(4)18-32-31(35-30)34-26-16-21(3)24(17-27(26)41-7)23-12-14-37(15-13-23)29(38)19-36(5)6/h8-11,16-18,20,23H,12-15,19H2,1-7H3,(H2,32,33,34,35). The van der Waals surface area contributed by atoms with E-state index in [1.165, 1.54) is 5.56 Å². The number of benzene rings is 2. The largest absolute Gasteiger partial charge is 0.495 e. The molecule has 1 saturated heterocycles. The number of anilines is 4. The lowest BCUT2D eigenvalue weighted by atomic mass is 9.86. The van der Waals surface area contributed by atoms with Gasteiger partial charge in [0.15, 0.2) is 9.84 Å². The Balaban J connectivity index is 1.54. The monoisotopic (exact) mass is 594 g/mol. The Morgan fingerprint density at radius 2 is 1.76 bits per heavy atom. The number of methoxy groups -OCH3 is 1. The molecule has 1 aromatic heterocycles. The lowest BCUT2D eigenvalue weighted by Gasteiger charge is -2.33. The van der Waals surface area contributed by atoms with E-state index in [2.05, 4.69) is 33.6 Å². The van der Waals surface area contributed by atoms with Crippen molar-refractivity contribution in [1.82, 2.24) is 19.8 Å². The second-order valence-electron chi connectivity index (χ2n) is 11.4. The fourth-order valence-corrected chi connectivity index (χ4v) is 6.37. The molecule has 2 N–H and O–H groups in total. The summed E-state index contributed by atoms with van der Waals surface area (Å²) in [5, 5.41) is 5.94. The summed E-state index contributed by atoms with van der Waals surface area (Å²) < 4.78 is 31.7. The molecule has 0 radical (unpaired) electrons. The van der Waals surface area contributed by atoms with Crippen LogP contribution >= 0.6 is 0 Å². The number of amides is 1. The zero-order chi connectivity index (χ0) is 30.6. The van der Waals surface area contributed by atoms with Gasteiger partial charge >= 0.3 is 0 Å². The summed E-state index contributed by atoms with van der Waals surface area (Å²) in [4.78, 5) is 25.7. The number of nitrogens with zero attached hydrogens (tertiary/aromatic N) is 4. The van der Waals surface area contributed by atoms with E-state index in [0.29, 0.717) is 35.7 Å². The molecule has 2 heterocycles. The highest BCUT2D eigenvalue weighted by Gasteiger charge is 2.26. The topological polar surface area (TPSA) is 117 Å². The van der Waals surface area contributed by atoms with E-state index >= 15 is 0 Å². The van der Waals surface area contributed by atoms with Crippen molar-refractivity contribution < 1.29 is 17.9 Å². The molecule has 0 unspecified atom stereocenters. The lowest BCUT2D eigenvalue weighted by Crippen LogP contribution is -2.42. The van der Waals surface area contributed by atoms with E-state index in [-0.39, 0.29) is 10.8 Å². The molecule has 11 heteroatoms. The third-order valence-corrected chi connectivity index (χ3v) is 9.82. The number of rotatable bonds is 10. The molecule has 1 fully saturated rings. The summed E-state index contributed by atoms with van der Waals surface area (Å²) in [6.07, 6.45) is 3.50. The van der Waals surface area contributed by atoms with E-state index in [0.717, 1.165) is 42.7 Å². The van der Waals surface area contributed by atoms with Crippen LogP contribution in [-0.2, 0) is 14.6 Å². The van der Waals surface area contributed by atoms with Crippen LogP contribution in [-0.4, -0.2) is 80.2 Å². The third kappa shape index (κ3) is 7.01. The molecule has 0 saturated carbocycles. The Morgan fingerprint density at radius 1 is 1.07 bits per heavy atom. The smallest absolute Gasteiger partial charge is 0.236 e. The normalized spacial score (nSPS) is 14.4. The molecule has 0 aliphatic carbocycles. The lowest BCUT2D eigenvalue weighted by molar-refractivity contribution is -0.132. The van der Waals surface area contributed by atoms with Crippen molar-refractivity contribution >= 4 is 38.9 Å². The SMILES string of the molecule is COc1cc(C2CCN(C(=O)CN(C)C)CC2)c(C)cc1Nc1ncc(C)c(Nc2ccccc2S(=O)(=O)C(C)C)n1. The molecule has 1 amide bonds. The van der Waals surface area contributed by atoms with Crippen LogP contribution in [0.2, 0.25) is 0 Å². The van der Waals surface area contributed by atoms with Crippen molar-refractivity contribution in [3.8, 4) is 5.75 Å². The summed E-state index contributed by atoms with van der Waals surface area (Å²) in [6, 6.07) is 11.0. The molecule has 2 aromatic carbocycles. The Kier molecular flexibility index (Phi) is 9.73. The highest BCUT2D eigenvalue weighted by atomic mass is 32.2. The number of piperidine rings is 1. The molecule has 1 aliphatic heterocycles. The molecule has 10 nitrogen and oxygen atoms in total. The summed E-state index contributed by atoms with van der Waals surface area (Å²) in [7, 11) is 1.96. The summed E-state index contributed by atoms with van der Waals surface area (Å²) in [5.41, 5.74) is 4.30. The van der Waals surface area contributed by atoms with Gasteiger partial charge in [0.1, 0.15) is 11.6 Å². The molecule has 1 aliphatic rings. The molecule has 0 atom stereocenters. The number of para-hydroxylation sites is 1. The third-order valence-electron chi connectivity index (χ3n) is 7.61. The molecule has 226 valence electrons. The van der Waals surface area contributed by atoms with Crippen LogP contribution in [0.15, 0.2) is 47.5 Å². The van der Waals surface area contributed by atoms with Crippen LogP contribution in [0.5, 0.6) is 5.75 Å². The Labute approximate surface area is 249 Å². The van der Waals surface area contributed by atoms with Gasteiger partial charge in [0.2, 0.25) is 11.9 Å². The van der Waals surface area contributed by atoms with Crippen molar-refractivity contribution in [2.75, 3.05) is 51.5 Å². The average Bonchev–Trinajstić information content (AvgIpc) is 2.95. The Hall–Kier alpha value is -3.70. The van der Waals surface area contributed by atoms with Crippen LogP contribution in [0.3, 0.4) is 0 Å². The quantitative estimate of drug-likeness (QED) is 0.333. The zero-order valence-corrected chi connectivity index (χ0v) is 26.4. The summed E-state index contributed by atoms with van der Waals surface area (Å²) >= 11 is 0. The predicted octanol–water partition coefficient (Wildman–Crippen LogP) is 5.04. The molecule has 4 rings (SSSR count). The van der Waals surface area contributed by atoms with Gasteiger partial charge in [-0.25, -0.2) is 13.4 Å². The van der Waals surface area contributed by atoms with Crippen LogP contribution in [0.1, 0.15) is 49.3 Å². The van der Waals surface area contributed by atoms with Gasteiger partial charge in [-0.3, -0.25) is 4.79 Å². The number of nitrogens with one attached hydrogen (secondary N) is 2. The molecule has 0 bridgehead atoms. The molecule has 3 aromatic rings. The second kappa shape index (κ2) is 13.1. The highest BCUT2D eigenvalue weighted by Crippen LogP contribution is 2.37. The fraction of sp³-hybridized carbons (Fsp3) is 0.452. The molecular formula is C31H42N6O4S. The molecular weight excluding hydrogens is 552 g/mol. The van der Waals surface area contributed by atoms with Gasteiger partial charge in [0.25, 0.3) is 0 Å². The summed E-state index contributed by atoms with van der Waals surface area (Å²) in [6.45, 7) is 9.20. The highest BCUT2D eigenvalue weighted by molar-refractivity contribution is 7.92. The van der Waals surface area contributed by atoms with E-state index in [9.17, 15) is 13.2 Å². The van der Waals surface area contributed by atoms with Crippen molar-refractivity contribution in [2.45, 2.75) is 56.6 Å². The first-order valence-corrected chi connectivity index (χ1v) is 15.8. The number of aromatic nitrogens is 2. The van der Waals surface area contributed by atoms with E-state index in [4.69, 9.17) is 4.74 Å². The maximum absolute atomic E-state index is 12.9. The average molecular weight is 595 g/mol. The predicted molar refractivity (Wildman–Crippen MR) is 167 cm³/mol. The van der Waals surface area contributed by atoms with Crippen molar-refractivity contribution in [3.63, 3.8) is 0 Å². The van der Waals surface area contributed by atoms with Gasteiger partial charge in [-0.05, 0) is 95.9 Å². The fourth-order valence-electron chi connectivity index (χ4n) is 5.17. The number of hydrogen-bond donors (Lipinski definition) is 2. The number of aryl methyl sites for hydroxylation is 2. The van der Waals surface area contributed by atoms with Crippen LogP contribution in [0.25, 0.3) is 0 Å². The van der Waals surface area contributed by atoms with E-state index in [1.54, 1.807) is 51.4 Å². The molecule has 42 heavy (non-hydrogen) atoms. The number of sulfone groups is 1. The Morgan fingerprint density at radius 3 is 2.40 bits per heavy atom. The minimum atomic E-state index is -3.50. The summed E-state index contributed by atoms with van der Waals surface area (Å²) in [5.74, 6) is 2.04. The number of ether oxygens (including phenoxy) is 1. The van der Waals surface area contributed by atoms with Gasteiger partial charge in [-0.15, -0.1) is 0 Å². The number of hydrogen-bond acceptors (Lipinski definition) is 9. The van der Waals surface area contributed by atoms with E-state index in [1.807, 2.05) is 36.9 Å². The van der Waals surface area contributed by atoms with Crippen molar-refractivity contribution in [2.24, 2.45) is 0 Å². The number of carbonyl (C=O) groups is 1. The van der Waals surface area contributed by atoms with Gasteiger partial charge in [-0.1, -0.05) is 12.1 Å². The first-order valence-electron chi connectivity index (χ1n) is 14.2. The van der Waals surface area contributed by atoms with Crippen LogP contribution in [0.4, 0.5) is 23.1 Å². The Bertz CT molecular complexity index is 1530. The maximum atomic E-state index is 12.9. The second-order valence-corrected chi connectivity index (χ2v) is 13.8. The van der Waals surface area contributed by atoms with Gasteiger partial charge in [-0.2, -0.15) is 4.98 Å². The first kappa shape index (κ1) is 31.2. The van der Waals surface area contributed by atoms with Crippen LogP contribution in [0, 0.1) is 13.8 Å². The van der Waals surface area contributed by atoms with Gasteiger partial charge in [0, 0.05) is 24.8 Å². The minimum absolute atomic E-state index is 0.171. The minimum Gasteiger partial charge on any atom is -0.495 e. The number of likely N-dealkylation sites (N-methyl/N-ethyl adjacent to an activating group) is 1. The maximum Gasteiger partial charge on any atom is 0.236 e. The van der Waals surface area contributed by atoms with Gasteiger partial charge < -0.3 is 25.2 Å². The van der Waals surface area contributed by atoms with Crippen molar-refractivity contribution in [1.29, 1.82) is 0 Å².